The summed E-state index contributed by atoms with van der Waals surface area (Å²) in [6.07, 6.45) is 0. The van der Waals surface area contributed by atoms with Gasteiger partial charge in [-0.15, -0.1) is 0 Å². The Balaban J connectivity index is 2.67. The van der Waals surface area contributed by atoms with Crippen LogP contribution in [0.4, 0.5) is 27.6 Å². The van der Waals surface area contributed by atoms with Crippen molar-refractivity contribution >= 4 is 23.5 Å². The van der Waals surface area contributed by atoms with Crippen molar-refractivity contribution in [3.63, 3.8) is 0 Å². The molecule has 0 N–H and O–H groups in total. The van der Waals surface area contributed by atoms with Crippen LogP contribution in [0, 0.1) is 42.9 Å². The molecular formula is C17H17F5NO6PS. The van der Waals surface area contributed by atoms with Gasteiger partial charge in [0.2, 0.25) is 5.82 Å². The monoisotopic (exact) mass is 489 g/mol. The van der Waals surface area contributed by atoms with E-state index in [0.29, 0.717) is 11.1 Å². The van der Waals surface area contributed by atoms with Crippen LogP contribution in [0.25, 0.3) is 0 Å². The van der Waals surface area contributed by atoms with Crippen LogP contribution in [0.5, 0.6) is 5.75 Å². The van der Waals surface area contributed by atoms with Crippen molar-refractivity contribution in [3.8, 4) is 5.75 Å². The minimum atomic E-state index is -5.27. The number of sulfonamides is 1. The van der Waals surface area contributed by atoms with Crippen molar-refractivity contribution in [3.05, 3.63) is 52.3 Å². The number of rotatable bonds is 7. The molecule has 14 heteroatoms. The fourth-order valence-corrected chi connectivity index (χ4v) is 4.46. The summed E-state index contributed by atoms with van der Waals surface area (Å²) in [6, 6.07) is 2.27. The summed E-state index contributed by atoms with van der Waals surface area (Å²) in [5.74, 6) is -12.5. The average molecular weight is 489 g/mol. The summed E-state index contributed by atoms with van der Waals surface area (Å²) in [6.45, 7) is 3.04. The van der Waals surface area contributed by atoms with Gasteiger partial charge in [-0.05, 0) is 31.0 Å². The molecule has 0 fully saturated rings. The summed E-state index contributed by atoms with van der Waals surface area (Å²) >= 11 is 0. The highest BCUT2D eigenvalue weighted by atomic mass is 32.2. The molecule has 0 unspecified atom stereocenters. The molecule has 0 bridgehead atoms. The number of halogens is 5. The van der Waals surface area contributed by atoms with Crippen LogP contribution in [-0.4, -0.2) is 29.7 Å². The molecule has 0 heterocycles. The fourth-order valence-electron chi connectivity index (χ4n) is 2.44. The second-order valence-corrected chi connectivity index (χ2v) is 9.87. The normalized spacial score (nSPS) is 12.2. The maximum absolute atomic E-state index is 14.1. The summed E-state index contributed by atoms with van der Waals surface area (Å²) in [7, 11) is -6.43. The molecule has 0 saturated carbocycles. The molecule has 2 rings (SSSR count). The lowest BCUT2D eigenvalue weighted by molar-refractivity contribution is 0.210. The zero-order chi connectivity index (χ0) is 23.9. The predicted molar refractivity (Wildman–Crippen MR) is 100.0 cm³/mol. The average Bonchev–Trinajstić information content (AvgIpc) is 2.73. The second-order valence-electron chi connectivity index (χ2n) is 6.16. The van der Waals surface area contributed by atoms with Crippen molar-refractivity contribution in [2.24, 2.45) is 0 Å². The number of nitrogens with zero attached hydrogens (tertiary/aromatic N) is 1. The van der Waals surface area contributed by atoms with Gasteiger partial charge in [0, 0.05) is 27.3 Å². The predicted octanol–water partition coefficient (Wildman–Crippen LogP) is 4.60. The van der Waals surface area contributed by atoms with E-state index in [1.165, 1.54) is 19.9 Å². The maximum Gasteiger partial charge on any atom is 0.529 e. The molecular weight excluding hydrogens is 472 g/mol. The Kier molecular flexibility index (Phi) is 7.06. The number of phosphoric acid groups is 1. The Bertz CT molecular complexity index is 1150. The lowest BCUT2D eigenvalue weighted by Crippen LogP contribution is -2.29. The quantitative estimate of drug-likeness (QED) is 0.245. The third kappa shape index (κ3) is 4.40. The van der Waals surface area contributed by atoms with Crippen molar-refractivity contribution in [1.29, 1.82) is 0 Å². The Morgan fingerprint density at radius 3 is 1.77 bits per heavy atom. The molecule has 0 aliphatic carbocycles. The molecule has 31 heavy (non-hydrogen) atoms. The maximum atomic E-state index is 14.1. The van der Waals surface area contributed by atoms with Gasteiger partial charge in [-0.2, -0.15) is 0 Å². The molecule has 0 aromatic heterocycles. The minimum Gasteiger partial charge on any atom is -0.404 e. The Morgan fingerprint density at radius 1 is 0.871 bits per heavy atom. The summed E-state index contributed by atoms with van der Waals surface area (Å²) in [5.41, 5.74) is 0.478. The smallest absolute Gasteiger partial charge is 0.404 e. The standard InChI is InChI=1S/C17H17F5NO6PS/c1-8-6-10(7-11(9(8)2)29-30(24,27-4)28-5)23(3)31(25,26)17-15(21)13(19)12(18)14(20)16(17)22/h6-7H,1-5H3. The lowest BCUT2D eigenvalue weighted by Gasteiger charge is -2.23. The van der Waals surface area contributed by atoms with E-state index in [-0.39, 0.29) is 15.7 Å². The highest BCUT2D eigenvalue weighted by Gasteiger charge is 2.36. The van der Waals surface area contributed by atoms with Gasteiger partial charge in [0.25, 0.3) is 10.0 Å². The van der Waals surface area contributed by atoms with Crippen molar-refractivity contribution in [2.45, 2.75) is 18.7 Å². The van der Waals surface area contributed by atoms with E-state index in [0.717, 1.165) is 27.3 Å². The van der Waals surface area contributed by atoms with Crippen LogP contribution in [-0.2, 0) is 23.6 Å². The molecule has 2 aromatic rings. The van der Waals surface area contributed by atoms with E-state index in [9.17, 15) is 34.9 Å². The van der Waals surface area contributed by atoms with E-state index in [1.54, 1.807) is 0 Å². The first-order chi connectivity index (χ1) is 14.2. The molecule has 7 nitrogen and oxygen atoms in total. The molecule has 0 amide bonds. The van der Waals surface area contributed by atoms with E-state index in [2.05, 4.69) is 9.05 Å². The second kappa shape index (κ2) is 8.73. The minimum absolute atomic E-state index is 0.165. The first-order valence-electron chi connectivity index (χ1n) is 8.24. The largest absolute Gasteiger partial charge is 0.529 e. The third-order valence-corrected chi connectivity index (χ3v) is 7.53. The number of hydrogen-bond acceptors (Lipinski definition) is 6. The highest BCUT2D eigenvalue weighted by Crippen LogP contribution is 2.49. The number of hydrogen-bond donors (Lipinski definition) is 0. The lowest BCUT2D eigenvalue weighted by atomic mass is 10.1. The van der Waals surface area contributed by atoms with Crippen LogP contribution in [0.15, 0.2) is 17.0 Å². The van der Waals surface area contributed by atoms with Crippen LogP contribution in [0.2, 0.25) is 0 Å². The van der Waals surface area contributed by atoms with Crippen molar-refractivity contribution in [1.82, 2.24) is 0 Å². The van der Waals surface area contributed by atoms with Crippen LogP contribution < -0.4 is 8.83 Å². The van der Waals surface area contributed by atoms with Crippen molar-refractivity contribution in [2.75, 3.05) is 25.6 Å². The number of anilines is 1. The van der Waals surface area contributed by atoms with E-state index >= 15 is 0 Å². The molecule has 2 aromatic carbocycles. The van der Waals surface area contributed by atoms with Crippen LogP contribution >= 0.6 is 7.82 Å². The van der Waals surface area contributed by atoms with Gasteiger partial charge in [0.15, 0.2) is 28.2 Å². The van der Waals surface area contributed by atoms with Gasteiger partial charge in [0.05, 0.1) is 5.69 Å². The Hall–Kier alpha value is -2.21. The number of aryl methyl sites for hydroxylation is 1. The highest BCUT2D eigenvalue weighted by molar-refractivity contribution is 7.92. The fraction of sp³-hybridized carbons (Fsp3) is 0.294. The van der Waals surface area contributed by atoms with Crippen LogP contribution in [0.3, 0.4) is 0 Å². The zero-order valence-electron chi connectivity index (χ0n) is 16.8. The molecule has 0 aliphatic heterocycles. The number of phosphoric ester groups is 1. The van der Waals surface area contributed by atoms with Crippen molar-refractivity contribution < 1.29 is 48.5 Å². The van der Waals surface area contributed by atoms with E-state index in [4.69, 9.17) is 4.52 Å². The van der Waals surface area contributed by atoms with Gasteiger partial charge in [-0.25, -0.2) is 34.9 Å². The Morgan fingerprint density at radius 2 is 1.32 bits per heavy atom. The molecule has 0 saturated heterocycles. The summed E-state index contributed by atoms with van der Waals surface area (Å²) < 4.78 is 121. The number of benzene rings is 2. The van der Waals surface area contributed by atoms with E-state index in [1.807, 2.05) is 0 Å². The van der Waals surface area contributed by atoms with Gasteiger partial charge in [-0.3, -0.25) is 13.4 Å². The van der Waals surface area contributed by atoms with Crippen LogP contribution in [0.1, 0.15) is 11.1 Å². The molecule has 0 spiro atoms. The molecule has 172 valence electrons. The third-order valence-electron chi connectivity index (χ3n) is 4.41. The zero-order valence-corrected chi connectivity index (χ0v) is 18.5. The SMILES string of the molecule is COP(=O)(OC)Oc1cc(N(C)S(=O)(=O)c2c(F)c(F)c(F)c(F)c2F)cc(C)c1C. The first-order valence-corrected chi connectivity index (χ1v) is 11.1. The topological polar surface area (TPSA) is 82.1 Å². The van der Waals surface area contributed by atoms with Gasteiger partial charge < -0.3 is 4.52 Å². The Labute approximate surface area is 175 Å². The first kappa shape index (κ1) is 25.1. The van der Waals surface area contributed by atoms with Gasteiger partial charge in [-0.1, -0.05) is 0 Å². The molecule has 0 atom stereocenters. The molecule has 0 radical (unpaired) electrons. The van der Waals surface area contributed by atoms with E-state index < -0.39 is 51.8 Å². The molecule has 0 aliphatic rings. The van der Waals surface area contributed by atoms with Gasteiger partial charge in [0.1, 0.15) is 5.75 Å². The summed E-state index contributed by atoms with van der Waals surface area (Å²) in [4.78, 5) is -2.02. The van der Waals surface area contributed by atoms with Gasteiger partial charge >= 0.3 is 7.82 Å². The summed E-state index contributed by atoms with van der Waals surface area (Å²) in [5, 5.41) is 0.